The van der Waals surface area contributed by atoms with Gasteiger partial charge in [0.25, 0.3) is 0 Å². The van der Waals surface area contributed by atoms with Crippen molar-refractivity contribution in [1.29, 1.82) is 0 Å². The summed E-state index contributed by atoms with van der Waals surface area (Å²) in [7, 11) is 0. The zero-order valence-electron chi connectivity index (χ0n) is 11.3. The van der Waals surface area contributed by atoms with Crippen molar-refractivity contribution in [2.75, 3.05) is 0 Å². The molecule has 1 unspecified atom stereocenters. The highest BCUT2D eigenvalue weighted by Crippen LogP contribution is 2.25. The van der Waals surface area contributed by atoms with Gasteiger partial charge in [0.05, 0.1) is 6.42 Å². The van der Waals surface area contributed by atoms with Gasteiger partial charge in [-0.3, -0.25) is 19.7 Å². The quantitative estimate of drug-likeness (QED) is 0.765. The Morgan fingerprint density at radius 1 is 1.20 bits per heavy atom. The van der Waals surface area contributed by atoms with Gasteiger partial charge in [-0.15, -0.1) is 0 Å². The van der Waals surface area contributed by atoms with Crippen LogP contribution in [0, 0.1) is 6.92 Å². The Kier molecular flexibility index (Phi) is 3.04. The number of nitrogens with one attached hydrogen (secondary N) is 1. The molecule has 1 N–H and O–H groups in total. The summed E-state index contributed by atoms with van der Waals surface area (Å²) < 4.78 is 0. The van der Waals surface area contributed by atoms with Crippen molar-refractivity contribution in [1.82, 2.24) is 10.2 Å². The van der Waals surface area contributed by atoms with Gasteiger partial charge in [0, 0.05) is 13.0 Å². The fourth-order valence-electron chi connectivity index (χ4n) is 2.87. The fraction of sp³-hybridized carbons (Fsp3) is 0.400. The largest absolute Gasteiger partial charge is 0.326 e. The molecule has 0 bridgehead atoms. The normalized spacial score (nSPS) is 22.6. The summed E-state index contributed by atoms with van der Waals surface area (Å²) in [5.74, 6) is -0.659. The van der Waals surface area contributed by atoms with E-state index < -0.39 is 6.04 Å². The number of imide groups is 1. The van der Waals surface area contributed by atoms with Gasteiger partial charge in [0.15, 0.2) is 0 Å². The fourth-order valence-corrected chi connectivity index (χ4v) is 2.87. The van der Waals surface area contributed by atoms with E-state index in [1.165, 1.54) is 0 Å². The summed E-state index contributed by atoms with van der Waals surface area (Å²) >= 11 is 0. The van der Waals surface area contributed by atoms with Crippen LogP contribution in [0.2, 0.25) is 0 Å². The summed E-state index contributed by atoms with van der Waals surface area (Å²) in [6.45, 7) is 2.45. The Morgan fingerprint density at radius 3 is 2.75 bits per heavy atom. The Hall–Kier alpha value is -2.17. The number of piperidine rings is 1. The monoisotopic (exact) mass is 272 g/mol. The van der Waals surface area contributed by atoms with Gasteiger partial charge in [-0.1, -0.05) is 23.8 Å². The molecular formula is C15H16N2O3. The molecule has 0 aromatic heterocycles. The highest BCUT2D eigenvalue weighted by molar-refractivity contribution is 6.01. The SMILES string of the molecule is Cc1ccc2c(c1)CN(C1CCC(=O)NC1=O)C(=O)C2. The number of hydrogen-bond donors (Lipinski definition) is 1. The number of carbonyl (C=O) groups is 3. The van der Waals surface area contributed by atoms with Crippen LogP contribution in [0.25, 0.3) is 0 Å². The van der Waals surface area contributed by atoms with Crippen LogP contribution < -0.4 is 5.32 Å². The highest BCUT2D eigenvalue weighted by Gasteiger charge is 2.36. The predicted octanol–water partition coefficient (Wildman–Crippen LogP) is 0.685. The van der Waals surface area contributed by atoms with Crippen LogP contribution in [0.3, 0.4) is 0 Å². The molecule has 0 saturated carbocycles. The predicted molar refractivity (Wildman–Crippen MR) is 71.6 cm³/mol. The van der Waals surface area contributed by atoms with E-state index in [-0.39, 0.29) is 17.7 Å². The maximum atomic E-state index is 12.2. The molecule has 1 atom stereocenters. The van der Waals surface area contributed by atoms with Crippen molar-refractivity contribution in [3.63, 3.8) is 0 Å². The van der Waals surface area contributed by atoms with Crippen molar-refractivity contribution in [3.05, 3.63) is 34.9 Å². The Morgan fingerprint density at radius 2 is 2.00 bits per heavy atom. The van der Waals surface area contributed by atoms with Gasteiger partial charge < -0.3 is 4.90 Å². The molecule has 0 spiro atoms. The second-order valence-electron chi connectivity index (χ2n) is 5.44. The van der Waals surface area contributed by atoms with Crippen molar-refractivity contribution < 1.29 is 14.4 Å². The van der Waals surface area contributed by atoms with E-state index in [9.17, 15) is 14.4 Å². The smallest absolute Gasteiger partial charge is 0.249 e. The highest BCUT2D eigenvalue weighted by atomic mass is 16.2. The van der Waals surface area contributed by atoms with Crippen LogP contribution in [0.5, 0.6) is 0 Å². The third-order valence-corrected chi connectivity index (χ3v) is 3.95. The van der Waals surface area contributed by atoms with E-state index in [2.05, 4.69) is 11.4 Å². The molecule has 0 radical (unpaired) electrons. The molecule has 1 aromatic carbocycles. The summed E-state index contributed by atoms with van der Waals surface area (Å²) in [6.07, 6.45) is 1.03. The lowest BCUT2D eigenvalue weighted by Gasteiger charge is -2.36. The van der Waals surface area contributed by atoms with Crippen LogP contribution in [-0.2, 0) is 27.3 Å². The maximum absolute atomic E-state index is 12.2. The van der Waals surface area contributed by atoms with Crippen LogP contribution in [-0.4, -0.2) is 28.7 Å². The summed E-state index contributed by atoms with van der Waals surface area (Å²) in [5.41, 5.74) is 3.26. The third-order valence-electron chi connectivity index (χ3n) is 3.95. The minimum Gasteiger partial charge on any atom is -0.326 e. The molecule has 1 saturated heterocycles. The van der Waals surface area contributed by atoms with Crippen molar-refractivity contribution in [3.8, 4) is 0 Å². The molecule has 104 valence electrons. The number of nitrogens with zero attached hydrogens (tertiary/aromatic N) is 1. The number of amides is 3. The topological polar surface area (TPSA) is 66.5 Å². The molecule has 2 aliphatic rings. The summed E-state index contributed by atoms with van der Waals surface area (Å²) in [5, 5.41) is 2.31. The minimum atomic E-state index is -0.520. The average Bonchev–Trinajstić information content (AvgIpc) is 2.39. The van der Waals surface area contributed by atoms with Gasteiger partial charge in [-0.25, -0.2) is 0 Å². The number of benzene rings is 1. The Balaban J connectivity index is 1.86. The molecule has 5 nitrogen and oxygen atoms in total. The second kappa shape index (κ2) is 4.74. The van der Waals surface area contributed by atoms with E-state index in [0.29, 0.717) is 25.8 Å². The van der Waals surface area contributed by atoms with Crippen molar-refractivity contribution in [2.24, 2.45) is 0 Å². The molecular weight excluding hydrogens is 256 g/mol. The molecule has 5 heteroatoms. The van der Waals surface area contributed by atoms with E-state index in [1.807, 2.05) is 19.1 Å². The van der Waals surface area contributed by atoms with Gasteiger partial charge in [0.1, 0.15) is 6.04 Å². The molecule has 20 heavy (non-hydrogen) atoms. The van der Waals surface area contributed by atoms with Crippen molar-refractivity contribution in [2.45, 2.75) is 38.8 Å². The summed E-state index contributed by atoms with van der Waals surface area (Å²) in [6, 6.07) is 5.51. The molecule has 1 aromatic rings. The van der Waals surface area contributed by atoms with E-state index in [1.54, 1.807) is 4.90 Å². The van der Waals surface area contributed by atoms with Gasteiger partial charge >= 0.3 is 0 Å². The van der Waals surface area contributed by atoms with Gasteiger partial charge in [0.2, 0.25) is 17.7 Å². The van der Waals surface area contributed by atoms with E-state index in [4.69, 9.17) is 0 Å². The molecule has 1 fully saturated rings. The number of hydrogen-bond acceptors (Lipinski definition) is 3. The second-order valence-corrected chi connectivity index (χ2v) is 5.44. The zero-order chi connectivity index (χ0) is 14.3. The number of fused-ring (bicyclic) bond motifs is 1. The number of carbonyl (C=O) groups excluding carboxylic acids is 3. The van der Waals surface area contributed by atoms with Gasteiger partial charge in [-0.2, -0.15) is 0 Å². The first-order valence-electron chi connectivity index (χ1n) is 6.76. The number of rotatable bonds is 1. The molecule has 3 amide bonds. The molecule has 0 aliphatic carbocycles. The lowest BCUT2D eigenvalue weighted by atomic mass is 9.94. The lowest BCUT2D eigenvalue weighted by Crippen LogP contribution is -2.55. The zero-order valence-corrected chi connectivity index (χ0v) is 11.3. The lowest BCUT2D eigenvalue weighted by molar-refractivity contribution is -0.146. The van der Waals surface area contributed by atoms with Crippen LogP contribution in [0.15, 0.2) is 18.2 Å². The number of aryl methyl sites for hydroxylation is 1. The first-order chi connectivity index (χ1) is 9.54. The Labute approximate surface area is 116 Å². The van der Waals surface area contributed by atoms with E-state index in [0.717, 1.165) is 16.7 Å². The van der Waals surface area contributed by atoms with Crippen LogP contribution in [0.4, 0.5) is 0 Å². The standard InChI is InChI=1S/C15H16N2O3/c1-9-2-3-10-7-14(19)17(8-11(10)6-9)12-4-5-13(18)16-15(12)20/h2-3,6,12H,4-5,7-8H2,1H3,(H,16,18,20). The first kappa shape index (κ1) is 12.8. The third kappa shape index (κ3) is 2.19. The minimum absolute atomic E-state index is 0.0455. The summed E-state index contributed by atoms with van der Waals surface area (Å²) in [4.78, 5) is 36.9. The first-order valence-corrected chi connectivity index (χ1v) is 6.76. The van der Waals surface area contributed by atoms with Crippen LogP contribution in [0.1, 0.15) is 29.5 Å². The molecule has 2 aliphatic heterocycles. The van der Waals surface area contributed by atoms with Crippen LogP contribution >= 0.6 is 0 Å². The average molecular weight is 272 g/mol. The van der Waals surface area contributed by atoms with Gasteiger partial charge in [-0.05, 0) is 24.5 Å². The van der Waals surface area contributed by atoms with Crippen molar-refractivity contribution >= 4 is 17.7 Å². The molecule has 3 rings (SSSR count). The Bertz CT molecular complexity index is 609. The maximum Gasteiger partial charge on any atom is 0.249 e. The van der Waals surface area contributed by atoms with E-state index >= 15 is 0 Å². The molecule has 2 heterocycles.